The number of hydrogen-bond acceptors (Lipinski definition) is 6. The number of phenolic OH excluding ortho intramolecular Hbond substituents is 1. The average Bonchev–Trinajstić information content (AvgIpc) is 3.65. The molecule has 6 rings (SSSR count). The Balaban J connectivity index is 0.000000213. The van der Waals surface area contributed by atoms with Gasteiger partial charge in [-0.15, -0.1) is 0 Å². The molecule has 2 heterocycles. The third kappa shape index (κ3) is 8.82. The van der Waals surface area contributed by atoms with E-state index in [1.165, 1.54) is 36.8 Å². The first-order valence-electron chi connectivity index (χ1n) is 14.2. The quantitative estimate of drug-likeness (QED) is 0.325. The minimum Gasteiger partial charge on any atom is -0.508 e. The molecular formula is C34H41FO6. The zero-order valence-electron chi connectivity index (χ0n) is 24.7. The van der Waals surface area contributed by atoms with Crippen molar-refractivity contribution in [3.8, 4) is 23.0 Å². The van der Waals surface area contributed by atoms with Crippen molar-refractivity contribution in [1.82, 2.24) is 0 Å². The molecule has 0 radical (unpaired) electrons. The number of esters is 1. The molecule has 3 aromatic rings. The lowest BCUT2D eigenvalue weighted by atomic mass is 10.0. The number of aromatic hydroxyl groups is 1. The first kappa shape index (κ1) is 31.7. The Kier molecular flexibility index (Phi) is 12.2. The van der Waals surface area contributed by atoms with E-state index in [9.17, 15) is 9.18 Å². The maximum atomic E-state index is 13.8. The Labute approximate surface area is 242 Å². The summed E-state index contributed by atoms with van der Waals surface area (Å²) in [6.07, 6.45) is 5.79. The summed E-state index contributed by atoms with van der Waals surface area (Å²) in [5.41, 5.74) is 5.59. The van der Waals surface area contributed by atoms with Gasteiger partial charge in [-0.05, 0) is 72.7 Å². The van der Waals surface area contributed by atoms with Gasteiger partial charge in [-0.2, -0.15) is 0 Å². The number of carbonyl (C=O) groups excluding carboxylic acids is 1. The number of rotatable bonds is 3. The molecule has 0 fully saturated rings. The van der Waals surface area contributed by atoms with E-state index in [0.717, 1.165) is 67.3 Å². The molecule has 41 heavy (non-hydrogen) atoms. The predicted molar refractivity (Wildman–Crippen MR) is 159 cm³/mol. The molecule has 0 bridgehead atoms. The van der Waals surface area contributed by atoms with Crippen LogP contribution in [0.15, 0.2) is 60.7 Å². The highest BCUT2D eigenvalue weighted by atomic mass is 19.1. The van der Waals surface area contributed by atoms with Crippen molar-refractivity contribution in [1.29, 1.82) is 0 Å². The first-order valence-corrected chi connectivity index (χ1v) is 14.2. The van der Waals surface area contributed by atoms with Crippen LogP contribution in [0.3, 0.4) is 0 Å². The van der Waals surface area contributed by atoms with Crippen LogP contribution in [0.2, 0.25) is 0 Å². The lowest BCUT2D eigenvalue weighted by Gasteiger charge is -2.15. The lowest BCUT2D eigenvalue weighted by Crippen LogP contribution is -2.03. The van der Waals surface area contributed by atoms with E-state index in [2.05, 4.69) is 29.9 Å². The van der Waals surface area contributed by atoms with Gasteiger partial charge in [0.15, 0.2) is 0 Å². The van der Waals surface area contributed by atoms with Crippen LogP contribution in [0.1, 0.15) is 68.7 Å². The second-order valence-corrected chi connectivity index (χ2v) is 9.67. The van der Waals surface area contributed by atoms with Crippen LogP contribution in [-0.2, 0) is 27.1 Å². The zero-order chi connectivity index (χ0) is 29.8. The van der Waals surface area contributed by atoms with Crippen LogP contribution in [-0.4, -0.2) is 38.0 Å². The van der Waals surface area contributed by atoms with Gasteiger partial charge in [-0.3, -0.25) is 4.79 Å². The molecule has 0 spiro atoms. The van der Waals surface area contributed by atoms with E-state index in [1.54, 1.807) is 18.2 Å². The predicted octanol–water partition coefficient (Wildman–Crippen LogP) is 8.00. The van der Waals surface area contributed by atoms with Gasteiger partial charge in [0, 0.05) is 30.0 Å². The Morgan fingerprint density at radius 1 is 1.00 bits per heavy atom. The molecular weight excluding hydrogens is 523 g/mol. The van der Waals surface area contributed by atoms with Crippen molar-refractivity contribution in [2.24, 2.45) is 0 Å². The SMILES string of the molecule is CC.CC1COc2cc(O)ccc21.COC(C)=O.Fc1ccc(Oc2ccc(C3=CCOCC3)cc2)c2c1CCC2. The van der Waals surface area contributed by atoms with E-state index in [1.807, 2.05) is 32.0 Å². The fraction of sp³-hybridized carbons (Fsp3) is 0.382. The number of methoxy groups -OCH3 is 1. The number of carbonyl (C=O) groups is 1. The minimum atomic E-state index is -0.245. The van der Waals surface area contributed by atoms with Crippen molar-refractivity contribution in [2.75, 3.05) is 26.9 Å². The highest BCUT2D eigenvalue weighted by Gasteiger charge is 2.21. The van der Waals surface area contributed by atoms with Crippen LogP contribution >= 0.6 is 0 Å². The molecule has 3 aliphatic rings. The molecule has 6 nitrogen and oxygen atoms in total. The fourth-order valence-corrected chi connectivity index (χ4v) is 4.74. The summed E-state index contributed by atoms with van der Waals surface area (Å²) in [4.78, 5) is 9.59. The number of ether oxygens (including phenoxy) is 4. The largest absolute Gasteiger partial charge is 0.508 e. The average molecular weight is 565 g/mol. The smallest absolute Gasteiger partial charge is 0.302 e. The van der Waals surface area contributed by atoms with Crippen molar-refractivity contribution in [3.63, 3.8) is 0 Å². The molecule has 3 aromatic carbocycles. The lowest BCUT2D eigenvalue weighted by molar-refractivity contribution is -0.137. The molecule has 0 saturated carbocycles. The topological polar surface area (TPSA) is 74.2 Å². The van der Waals surface area contributed by atoms with Crippen molar-refractivity contribution < 1.29 is 33.2 Å². The number of halogens is 1. The first-order chi connectivity index (χ1) is 19.9. The molecule has 2 aliphatic heterocycles. The van der Waals surface area contributed by atoms with Gasteiger partial charge >= 0.3 is 5.97 Å². The summed E-state index contributed by atoms with van der Waals surface area (Å²) in [5.74, 6) is 2.80. The molecule has 220 valence electrons. The van der Waals surface area contributed by atoms with E-state index in [4.69, 9.17) is 19.3 Å². The molecule has 7 heteroatoms. The highest BCUT2D eigenvalue weighted by molar-refractivity contribution is 5.67. The van der Waals surface area contributed by atoms with Gasteiger partial charge in [0.1, 0.15) is 28.8 Å². The molecule has 1 atom stereocenters. The summed E-state index contributed by atoms with van der Waals surface area (Å²) < 4.78 is 34.6. The fourth-order valence-electron chi connectivity index (χ4n) is 4.74. The maximum Gasteiger partial charge on any atom is 0.302 e. The maximum absolute atomic E-state index is 13.8. The van der Waals surface area contributed by atoms with Crippen molar-refractivity contribution in [2.45, 2.75) is 59.3 Å². The summed E-state index contributed by atoms with van der Waals surface area (Å²) in [7, 11) is 1.35. The number of benzene rings is 3. The highest BCUT2D eigenvalue weighted by Crippen LogP contribution is 2.36. The molecule has 1 unspecified atom stereocenters. The second kappa shape index (κ2) is 15.8. The van der Waals surface area contributed by atoms with Gasteiger partial charge in [0.05, 0.1) is 26.9 Å². The van der Waals surface area contributed by atoms with Crippen LogP contribution < -0.4 is 9.47 Å². The van der Waals surface area contributed by atoms with Gasteiger partial charge in [-0.1, -0.05) is 45.0 Å². The Bertz CT molecular complexity index is 1320. The second-order valence-electron chi connectivity index (χ2n) is 9.67. The summed E-state index contributed by atoms with van der Waals surface area (Å²) in [6.45, 7) is 9.68. The molecule has 0 saturated heterocycles. The van der Waals surface area contributed by atoms with Crippen LogP contribution in [0, 0.1) is 5.82 Å². The summed E-state index contributed by atoms with van der Waals surface area (Å²) in [5, 5.41) is 9.10. The standard InChI is InChI=1S/C20H19FO2.C9H10O2.C3H6O2.C2H6/c21-19-8-9-20(18-3-1-2-17(18)19)23-16-6-4-14(5-7-16)15-10-12-22-13-11-15;1-6-5-11-9-4-7(10)2-3-8(6)9;1-3(4)5-2;1-2/h4-10H,1-3,11-13H2;2-4,6,10H,5H2,1H3;1-2H3;1-2H3. The molecule has 0 amide bonds. The van der Waals surface area contributed by atoms with Crippen LogP contribution in [0.4, 0.5) is 4.39 Å². The van der Waals surface area contributed by atoms with Crippen LogP contribution in [0.25, 0.3) is 5.57 Å². The van der Waals surface area contributed by atoms with Crippen LogP contribution in [0.5, 0.6) is 23.0 Å². The van der Waals surface area contributed by atoms with Gasteiger partial charge in [0.25, 0.3) is 0 Å². The monoisotopic (exact) mass is 564 g/mol. The van der Waals surface area contributed by atoms with Gasteiger partial charge < -0.3 is 24.1 Å². The van der Waals surface area contributed by atoms with Gasteiger partial charge in [0.2, 0.25) is 0 Å². The van der Waals surface area contributed by atoms with Gasteiger partial charge in [-0.25, -0.2) is 4.39 Å². The molecule has 1 aliphatic carbocycles. The van der Waals surface area contributed by atoms with E-state index < -0.39 is 0 Å². The Morgan fingerprint density at radius 2 is 1.71 bits per heavy atom. The van der Waals surface area contributed by atoms with Crippen molar-refractivity contribution in [3.05, 3.63) is 88.7 Å². The summed E-state index contributed by atoms with van der Waals surface area (Å²) >= 11 is 0. The number of hydrogen-bond donors (Lipinski definition) is 1. The third-order valence-electron chi connectivity index (χ3n) is 6.91. The minimum absolute atomic E-state index is 0.105. The van der Waals surface area contributed by atoms with E-state index in [-0.39, 0.29) is 17.5 Å². The normalized spacial score (nSPS) is 16.0. The van der Waals surface area contributed by atoms with Crippen molar-refractivity contribution >= 4 is 11.5 Å². The number of phenols is 1. The zero-order valence-corrected chi connectivity index (χ0v) is 24.7. The molecule has 1 N–H and O–H groups in total. The summed E-state index contributed by atoms with van der Waals surface area (Å²) in [6, 6.07) is 16.7. The van der Waals surface area contributed by atoms with E-state index in [0.29, 0.717) is 12.5 Å². The van der Waals surface area contributed by atoms with E-state index >= 15 is 0 Å². The third-order valence-corrected chi connectivity index (χ3v) is 6.91. The molecule has 0 aromatic heterocycles. The number of fused-ring (bicyclic) bond motifs is 2. The Morgan fingerprint density at radius 3 is 2.37 bits per heavy atom. The Hall–Kier alpha value is -3.84.